The Labute approximate surface area is 151 Å². The fraction of sp³-hybridized carbons (Fsp3) is 0.500. The number of carbonyl (C=O) groups excluding carboxylic acids is 1. The van der Waals surface area contributed by atoms with E-state index in [-0.39, 0.29) is 24.1 Å². The molecule has 2 aromatic rings. The molecule has 2 aromatic heterocycles. The third-order valence-electron chi connectivity index (χ3n) is 4.25. The zero-order chi connectivity index (χ0) is 17.9. The van der Waals surface area contributed by atoms with Crippen molar-refractivity contribution in [2.24, 2.45) is 13.0 Å². The van der Waals surface area contributed by atoms with Crippen LogP contribution in [0.1, 0.15) is 28.1 Å². The molecule has 9 heteroatoms. The summed E-state index contributed by atoms with van der Waals surface area (Å²) in [5.74, 6) is 0.00562. The molecule has 3 heterocycles. The number of hydrogen-bond donors (Lipinski definition) is 1. The van der Waals surface area contributed by atoms with Crippen LogP contribution in [0.15, 0.2) is 29.9 Å². The van der Waals surface area contributed by atoms with Crippen LogP contribution in [0.5, 0.6) is 0 Å². The second kappa shape index (κ2) is 7.67. The molecule has 0 bridgehead atoms. The van der Waals surface area contributed by atoms with Crippen molar-refractivity contribution >= 4 is 27.3 Å². The summed E-state index contributed by atoms with van der Waals surface area (Å²) in [6.07, 6.45) is 5.08. The number of aromatic nitrogens is 2. The van der Waals surface area contributed by atoms with Gasteiger partial charge < -0.3 is 4.90 Å². The van der Waals surface area contributed by atoms with E-state index >= 15 is 0 Å². The highest BCUT2D eigenvalue weighted by atomic mass is 32.2. The highest BCUT2D eigenvalue weighted by Gasteiger charge is 2.28. The monoisotopic (exact) mass is 382 g/mol. The summed E-state index contributed by atoms with van der Waals surface area (Å²) in [5, 5.41) is 5.90. The third kappa shape index (κ3) is 4.90. The number of nitrogens with zero attached hydrogens (tertiary/aromatic N) is 3. The molecule has 1 aliphatic heterocycles. The van der Waals surface area contributed by atoms with Gasteiger partial charge in [0.1, 0.15) is 0 Å². The van der Waals surface area contributed by atoms with Crippen LogP contribution in [0, 0.1) is 5.92 Å². The fourth-order valence-electron chi connectivity index (χ4n) is 3.07. The number of piperidine rings is 1. The molecule has 7 nitrogen and oxygen atoms in total. The molecule has 1 aliphatic rings. The van der Waals surface area contributed by atoms with Crippen molar-refractivity contribution in [3.05, 3.63) is 40.3 Å². The van der Waals surface area contributed by atoms with E-state index in [4.69, 9.17) is 0 Å². The minimum atomic E-state index is -3.40. The van der Waals surface area contributed by atoms with Gasteiger partial charge in [-0.05, 0) is 30.2 Å². The summed E-state index contributed by atoms with van der Waals surface area (Å²) in [6.45, 7) is 1.42. The van der Waals surface area contributed by atoms with E-state index in [1.165, 1.54) is 11.3 Å². The van der Waals surface area contributed by atoms with Crippen LogP contribution in [0.25, 0.3) is 0 Å². The van der Waals surface area contributed by atoms with E-state index in [9.17, 15) is 13.2 Å². The Bertz CT molecular complexity index is 814. The summed E-state index contributed by atoms with van der Waals surface area (Å²) in [4.78, 5) is 14.9. The van der Waals surface area contributed by atoms with Gasteiger partial charge in [-0.15, -0.1) is 11.3 Å². The SMILES string of the molecule is Cn1cc(CNS(=O)(=O)C[C@@H]2CCCN(C(=O)c3cccs3)C2)cn1. The Balaban J connectivity index is 1.55. The van der Waals surface area contributed by atoms with Gasteiger partial charge in [0, 0.05) is 38.4 Å². The molecule has 1 atom stereocenters. The standard InChI is InChI=1S/C16H22N4O3S2/c1-19-10-14(8-17-19)9-18-25(22,23)12-13-4-2-6-20(11-13)16(21)15-5-3-7-24-15/h3,5,7-8,10,13,18H,2,4,6,9,11-12H2,1H3/t13-/m1/s1. The Kier molecular flexibility index (Phi) is 5.55. The van der Waals surface area contributed by atoms with E-state index in [0.29, 0.717) is 18.0 Å². The van der Waals surface area contributed by atoms with Crippen molar-refractivity contribution in [2.45, 2.75) is 19.4 Å². The quantitative estimate of drug-likeness (QED) is 0.820. The van der Waals surface area contributed by atoms with Crippen molar-refractivity contribution in [1.29, 1.82) is 0 Å². The van der Waals surface area contributed by atoms with Crippen LogP contribution < -0.4 is 4.72 Å². The van der Waals surface area contributed by atoms with E-state index in [1.54, 1.807) is 29.0 Å². The van der Waals surface area contributed by atoms with Crippen LogP contribution in [0.3, 0.4) is 0 Å². The molecule has 0 aromatic carbocycles. The van der Waals surface area contributed by atoms with Gasteiger partial charge in [-0.25, -0.2) is 13.1 Å². The maximum absolute atomic E-state index is 12.4. The number of rotatable bonds is 6. The highest BCUT2D eigenvalue weighted by molar-refractivity contribution is 7.89. The summed E-state index contributed by atoms with van der Waals surface area (Å²) in [7, 11) is -1.60. The van der Waals surface area contributed by atoms with Gasteiger partial charge in [0.2, 0.25) is 10.0 Å². The van der Waals surface area contributed by atoms with Gasteiger partial charge in [0.05, 0.1) is 16.8 Å². The maximum atomic E-state index is 12.4. The number of hydrogen-bond acceptors (Lipinski definition) is 5. The van der Waals surface area contributed by atoms with Crippen LogP contribution in [0.4, 0.5) is 0 Å². The first-order valence-electron chi connectivity index (χ1n) is 8.20. The van der Waals surface area contributed by atoms with E-state index in [2.05, 4.69) is 9.82 Å². The number of amides is 1. The molecular weight excluding hydrogens is 360 g/mol. The summed E-state index contributed by atoms with van der Waals surface area (Å²) >= 11 is 1.42. The summed E-state index contributed by atoms with van der Waals surface area (Å²) in [5.41, 5.74) is 0.823. The minimum absolute atomic E-state index is 0.000386. The molecule has 25 heavy (non-hydrogen) atoms. The fourth-order valence-corrected chi connectivity index (χ4v) is 5.16. The van der Waals surface area contributed by atoms with E-state index < -0.39 is 10.0 Å². The van der Waals surface area contributed by atoms with Crippen LogP contribution in [0.2, 0.25) is 0 Å². The lowest BCUT2D eigenvalue weighted by molar-refractivity contribution is 0.0689. The Morgan fingerprint density at radius 1 is 1.48 bits per heavy atom. The number of carbonyl (C=O) groups is 1. The van der Waals surface area contributed by atoms with Crippen LogP contribution in [-0.4, -0.2) is 47.8 Å². The smallest absolute Gasteiger partial charge is 0.263 e. The zero-order valence-electron chi connectivity index (χ0n) is 14.1. The van der Waals surface area contributed by atoms with Gasteiger partial charge in [-0.2, -0.15) is 5.10 Å². The lowest BCUT2D eigenvalue weighted by atomic mass is 10.00. The number of sulfonamides is 1. The molecule has 1 saturated heterocycles. The lowest BCUT2D eigenvalue weighted by Crippen LogP contribution is -2.43. The first kappa shape index (κ1) is 18.1. The van der Waals surface area contributed by atoms with Crippen molar-refractivity contribution in [3.63, 3.8) is 0 Å². The van der Waals surface area contributed by atoms with Crippen LogP contribution in [-0.2, 0) is 23.6 Å². The van der Waals surface area contributed by atoms with Crippen molar-refractivity contribution in [1.82, 2.24) is 19.4 Å². The molecule has 1 amide bonds. The lowest BCUT2D eigenvalue weighted by Gasteiger charge is -2.32. The van der Waals surface area contributed by atoms with Gasteiger partial charge >= 0.3 is 0 Å². The molecule has 136 valence electrons. The molecule has 0 aliphatic carbocycles. The molecule has 0 spiro atoms. The predicted molar refractivity (Wildman–Crippen MR) is 96.8 cm³/mol. The van der Waals surface area contributed by atoms with Crippen molar-refractivity contribution in [3.8, 4) is 0 Å². The molecule has 0 saturated carbocycles. The maximum Gasteiger partial charge on any atom is 0.263 e. The second-order valence-corrected chi connectivity index (χ2v) is 9.16. The summed E-state index contributed by atoms with van der Waals surface area (Å²) < 4.78 is 29.0. The summed E-state index contributed by atoms with van der Waals surface area (Å²) in [6, 6.07) is 3.66. The zero-order valence-corrected chi connectivity index (χ0v) is 15.7. The first-order chi connectivity index (χ1) is 11.9. The molecule has 1 fully saturated rings. The normalized spacial score (nSPS) is 18.4. The predicted octanol–water partition coefficient (Wildman–Crippen LogP) is 1.45. The van der Waals surface area contributed by atoms with Crippen molar-refractivity contribution in [2.75, 3.05) is 18.8 Å². The van der Waals surface area contributed by atoms with Gasteiger partial charge in [0.15, 0.2) is 0 Å². The van der Waals surface area contributed by atoms with Crippen LogP contribution >= 0.6 is 11.3 Å². The molecule has 0 radical (unpaired) electrons. The number of likely N-dealkylation sites (tertiary alicyclic amines) is 1. The minimum Gasteiger partial charge on any atom is -0.338 e. The largest absolute Gasteiger partial charge is 0.338 e. The Morgan fingerprint density at radius 2 is 2.32 bits per heavy atom. The van der Waals surface area contributed by atoms with Crippen molar-refractivity contribution < 1.29 is 13.2 Å². The molecule has 3 rings (SSSR count). The Morgan fingerprint density at radius 3 is 3.00 bits per heavy atom. The average molecular weight is 383 g/mol. The average Bonchev–Trinajstić information content (AvgIpc) is 3.24. The van der Waals surface area contributed by atoms with Gasteiger partial charge in [-0.1, -0.05) is 6.07 Å². The molecule has 0 unspecified atom stereocenters. The van der Waals surface area contributed by atoms with Gasteiger partial charge in [0.25, 0.3) is 5.91 Å². The number of nitrogens with one attached hydrogen (secondary N) is 1. The van der Waals surface area contributed by atoms with E-state index in [1.807, 2.05) is 17.5 Å². The van der Waals surface area contributed by atoms with Gasteiger partial charge in [-0.3, -0.25) is 9.48 Å². The second-order valence-electron chi connectivity index (χ2n) is 6.36. The first-order valence-corrected chi connectivity index (χ1v) is 10.7. The molecule has 1 N–H and O–H groups in total. The molecular formula is C16H22N4O3S2. The third-order valence-corrected chi connectivity index (χ3v) is 6.60. The number of aryl methyl sites for hydroxylation is 1. The topological polar surface area (TPSA) is 84.3 Å². The number of thiophene rings is 1. The Hall–Kier alpha value is -1.71. The highest BCUT2D eigenvalue weighted by Crippen LogP contribution is 2.21. The van der Waals surface area contributed by atoms with E-state index in [0.717, 1.165) is 18.4 Å².